The van der Waals surface area contributed by atoms with Crippen molar-refractivity contribution >= 4 is 11.6 Å². The second-order valence-electron chi connectivity index (χ2n) is 4.45. The summed E-state index contributed by atoms with van der Waals surface area (Å²) in [5, 5.41) is 7.03. The average molecular weight is 259 g/mol. The topological polar surface area (TPSA) is 85.8 Å². The smallest absolute Gasteiger partial charge is 0.272 e. The highest BCUT2D eigenvalue weighted by Crippen LogP contribution is 2.17. The molecule has 3 N–H and O–H groups in total. The molecule has 19 heavy (non-hydrogen) atoms. The molecule has 2 rings (SSSR count). The zero-order valence-electron chi connectivity index (χ0n) is 11.2. The van der Waals surface area contributed by atoms with E-state index in [0.29, 0.717) is 17.1 Å². The highest BCUT2D eigenvalue weighted by atomic mass is 16.2. The predicted octanol–water partition coefficient (Wildman–Crippen LogP) is 1.20. The molecule has 0 fully saturated rings. The maximum Gasteiger partial charge on any atom is 0.272 e. The Morgan fingerprint density at radius 1 is 1.42 bits per heavy atom. The number of hydrogen-bond donors (Lipinski definition) is 2. The lowest BCUT2D eigenvalue weighted by Gasteiger charge is -2.14. The molecule has 1 amide bonds. The van der Waals surface area contributed by atoms with Crippen molar-refractivity contribution < 1.29 is 4.79 Å². The first kappa shape index (κ1) is 13.1. The first-order valence-corrected chi connectivity index (χ1v) is 6.00. The number of nitrogens with zero attached hydrogens (tertiary/aromatic N) is 3. The van der Waals surface area contributed by atoms with Crippen LogP contribution in [0.1, 0.15) is 34.7 Å². The third kappa shape index (κ3) is 2.57. The van der Waals surface area contributed by atoms with Crippen molar-refractivity contribution in [3.05, 3.63) is 41.5 Å². The van der Waals surface area contributed by atoms with E-state index in [4.69, 9.17) is 5.73 Å². The zero-order valence-corrected chi connectivity index (χ0v) is 11.2. The summed E-state index contributed by atoms with van der Waals surface area (Å²) in [5.74, 6) is -0.232. The summed E-state index contributed by atoms with van der Waals surface area (Å²) in [7, 11) is 1.70. The van der Waals surface area contributed by atoms with E-state index in [0.717, 1.165) is 5.56 Å². The third-order valence-electron chi connectivity index (χ3n) is 3.04. The Balaban J connectivity index is 2.18. The standard InChI is InChI=1S/C13H17N5O/c1-8(10-4-6-15-7-5-10)16-13(19)12-11(14)9(2)17-18(12)3/h4-8H,14H2,1-3H3,(H,16,19). The van der Waals surface area contributed by atoms with Crippen molar-refractivity contribution in [2.24, 2.45) is 7.05 Å². The van der Waals surface area contributed by atoms with Crippen LogP contribution < -0.4 is 11.1 Å². The zero-order chi connectivity index (χ0) is 14.0. The first-order valence-electron chi connectivity index (χ1n) is 6.00. The molecular weight excluding hydrogens is 242 g/mol. The molecule has 0 spiro atoms. The Morgan fingerprint density at radius 2 is 2.05 bits per heavy atom. The summed E-state index contributed by atoms with van der Waals surface area (Å²) in [4.78, 5) is 16.2. The van der Waals surface area contributed by atoms with Gasteiger partial charge in [0.25, 0.3) is 5.91 Å². The number of pyridine rings is 1. The van der Waals surface area contributed by atoms with Crippen LogP contribution in [0.15, 0.2) is 24.5 Å². The Labute approximate surface area is 111 Å². The normalized spacial score (nSPS) is 12.2. The number of rotatable bonds is 3. The van der Waals surface area contributed by atoms with Gasteiger partial charge in [0.2, 0.25) is 0 Å². The van der Waals surface area contributed by atoms with Crippen molar-refractivity contribution in [2.75, 3.05) is 5.73 Å². The van der Waals surface area contributed by atoms with E-state index in [2.05, 4.69) is 15.4 Å². The van der Waals surface area contributed by atoms with Gasteiger partial charge in [0, 0.05) is 19.4 Å². The van der Waals surface area contributed by atoms with Gasteiger partial charge in [-0.2, -0.15) is 5.10 Å². The molecule has 1 atom stereocenters. The van der Waals surface area contributed by atoms with E-state index in [-0.39, 0.29) is 11.9 Å². The monoisotopic (exact) mass is 259 g/mol. The van der Waals surface area contributed by atoms with Gasteiger partial charge in [-0.1, -0.05) is 0 Å². The number of anilines is 1. The van der Waals surface area contributed by atoms with E-state index >= 15 is 0 Å². The molecule has 0 bridgehead atoms. The molecule has 100 valence electrons. The highest BCUT2D eigenvalue weighted by Gasteiger charge is 2.19. The maximum absolute atomic E-state index is 12.2. The molecule has 0 saturated carbocycles. The molecule has 0 aliphatic rings. The summed E-state index contributed by atoms with van der Waals surface area (Å²) in [6, 6.07) is 3.61. The minimum absolute atomic E-state index is 0.120. The van der Waals surface area contributed by atoms with Gasteiger partial charge in [0.1, 0.15) is 5.69 Å². The second-order valence-corrected chi connectivity index (χ2v) is 4.45. The fraction of sp³-hybridized carbons (Fsp3) is 0.308. The number of nitrogens with one attached hydrogen (secondary N) is 1. The van der Waals surface area contributed by atoms with Gasteiger partial charge < -0.3 is 11.1 Å². The molecule has 6 nitrogen and oxygen atoms in total. The number of amides is 1. The molecule has 1 unspecified atom stereocenters. The Hall–Kier alpha value is -2.37. The largest absolute Gasteiger partial charge is 0.395 e. The van der Waals surface area contributed by atoms with Crippen LogP contribution in [0.2, 0.25) is 0 Å². The SMILES string of the molecule is Cc1nn(C)c(C(=O)NC(C)c2ccncc2)c1N. The van der Waals surface area contributed by atoms with Crippen LogP contribution in [0.3, 0.4) is 0 Å². The lowest BCUT2D eigenvalue weighted by molar-refractivity contribution is 0.0931. The number of aromatic nitrogens is 3. The minimum Gasteiger partial charge on any atom is -0.395 e. The van der Waals surface area contributed by atoms with Crippen LogP contribution >= 0.6 is 0 Å². The number of carbonyl (C=O) groups is 1. The molecule has 2 heterocycles. The fourth-order valence-electron chi connectivity index (χ4n) is 1.94. The lowest BCUT2D eigenvalue weighted by Crippen LogP contribution is -2.29. The molecular formula is C13H17N5O. The quantitative estimate of drug-likeness (QED) is 0.867. The van der Waals surface area contributed by atoms with E-state index in [1.165, 1.54) is 4.68 Å². The maximum atomic E-state index is 12.2. The van der Waals surface area contributed by atoms with E-state index in [1.54, 1.807) is 26.4 Å². The van der Waals surface area contributed by atoms with Crippen LogP contribution in [-0.4, -0.2) is 20.7 Å². The van der Waals surface area contributed by atoms with Gasteiger partial charge in [-0.3, -0.25) is 14.5 Å². The predicted molar refractivity (Wildman–Crippen MR) is 72.5 cm³/mol. The molecule has 0 saturated heterocycles. The van der Waals surface area contributed by atoms with E-state index in [9.17, 15) is 4.79 Å². The molecule has 2 aromatic rings. The van der Waals surface area contributed by atoms with E-state index < -0.39 is 0 Å². The van der Waals surface area contributed by atoms with Crippen molar-refractivity contribution in [3.8, 4) is 0 Å². The summed E-state index contributed by atoms with van der Waals surface area (Å²) in [5.41, 5.74) is 8.31. The second kappa shape index (κ2) is 5.09. The molecule has 0 aliphatic carbocycles. The first-order chi connectivity index (χ1) is 9.00. The summed E-state index contributed by atoms with van der Waals surface area (Å²) < 4.78 is 1.50. The fourth-order valence-corrected chi connectivity index (χ4v) is 1.94. The summed E-state index contributed by atoms with van der Waals surface area (Å²) >= 11 is 0. The van der Waals surface area contributed by atoms with Crippen LogP contribution in [0.5, 0.6) is 0 Å². The van der Waals surface area contributed by atoms with E-state index in [1.807, 2.05) is 19.1 Å². The van der Waals surface area contributed by atoms with Gasteiger partial charge in [0.15, 0.2) is 0 Å². The van der Waals surface area contributed by atoms with Crippen LogP contribution in [-0.2, 0) is 7.05 Å². The van der Waals surface area contributed by atoms with Gasteiger partial charge in [-0.05, 0) is 31.5 Å². The number of aryl methyl sites for hydroxylation is 2. The summed E-state index contributed by atoms with van der Waals surface area (Å²) in [6.45, 7) is 3.69. The number of carbonyl (C=O) groups excluding carboxylic acids is 1. The van der Waals surface area contributed by atoms with Crippen molar-refractivity contribution in [3.63, 3.8) is 0 Å². The number of hydrogen-bond acceptors (Lipinski definition) is 4. The minimum atomic E-state index is -0.232. The molecule has 0 radical (unpaired) electrons. The van der Waals surface area contributed by atoms with Gasteiger partial charge in [0.05, 0.1) is 17.4 Å². The Bertz CT molecular complexity index is 591. The van der Waals surface area contributed by atoms with Crippen molar-refractivity contribution in [1.29, 1.82) is 0 Å². The Morgan fingerprint density at radius 3 is 2.58 bits per heavy atom. The number of nitrogens with two attached hydrogens (primary N) is 1. The number of nitrogen functional groups attached to an aromatic ring is 1. The lowest BCUT2D eigenvalue weighted by atomic mass is 10.1. The van der Waals surface area contributed by atoms with Gasteiger partial charge >= 0.3 is 0 Å². The van der Waals surface area contributed by atoms with Crippen LogP contribution in [0.25, 0.3) is 0 Å². The van der Waals surface area contributed by atoms with Crippen LogP contribution in [0, 0.1) is 6.92 Å². The molecule has 2 aromatic heterocycles. The average Bonchev–Trinajstić information content (AvgIpc) is 2.64. The Kier molecular flexibility index (Phi) is 3.50. The van der Waals surface area contributed by atoms with Gasteiger partial charge in [-0.25, -0.2) is 0 Å². The van der Waals surface area contributed by atoms with Crippen molar-refractivity contribution in [1.82, 2.24) is 20.1 Å². The third-order valence-corrected chi connectivity index (χ3v) is 3.04. The summed E-state index contributed by atoms with van der Waals surface area (Å²) in [6.07, 6.45) is 3.39. The molecule has 6 heteroatoms. The molecule has 0 aliphatic heterocycles. The molecule has 0 aromatic carbocycles. The van der Waals surface area contributed by atoms with Gasteiger partial charge in [-0.15, -0.1) is 0 Å². The highest BCUT2D eigenvalue weighted by molar-refractivity contribution is 5.98. The van der Waals surface area contributed by atoms with Crippen LogP contribution in [0.4, 0.5) is 5.69 Å². The van der Waals surface area contributed by atoms with Crippen molar-refractivity contribution in [2.45, 2.75) is 19.9 Å².